The van der Waals surface area contributed by atoms with Crippen molar-refractivity contribution < 1.29 is 4.79 Å². The Kier molecular flexibility index (Phi) is 3.45. The third kappa shape index (κ3) is 2.75. The molecule has 1 fully saturated rings. The van der Waals surface area contributed by atoms with E-state index in [2.05, 4.69) is 12.2 Å². The van der Waals surface area contributed by atoms with Crippen LogP contribution in [0.25, 0.3) is 0 Å². The molecule has 18 heavy (non-hydrogen) atoms. The van der Waals surface area contributed by atoms with Gasteiger partial charge in [-0.15, -0.1) is 0 Å². The van der Waals surface area contributed by atoms with Gasteiger partial charge < -0.3 is 16.8 Å². The van der Waals surface area contributed by atoms with Crippen molar-refractivity contribution in [3.8, 4) is 0 Å². The van der Waals surface area contributed by atoms with Gasteiger partial charge in [-0.2, -0.15) is 0 Å². The van der Waals surface area contributed by atoms with Crippen molar-refractivity contribution in [2.75, 3.05) is 18.0 Å². The van der Waals surface area contributed by atoms with E-state index in [1.54, 1.807) is 18.2 Å². The SMILES string of the molecule is CCCC1(CNC(=O)c2ccc(N)cc2N)CC1. The van der Waals surface area contributed by atoms with E-state index >= 15 is 0 Å². The van der Waals surface area contributed by atoms with Crippen LogP contribution >= 0.6 is 0 Å². The molecule has 1 amide bonds. The standard InChI is InChI=1S/C14H21N3O/c1-2-5-14(6-7-14)9-17-13(18)11-4-3-10(15)8-12(11)16/h3-4,8H,2,5-7,9,15-16H2,1H3,(H,17,18). The molecule has 1 saturated carbocycles. The quantitative estimate of drug-likeness (QED) is 0.697. The second-order valence-corrected chi connectivity index (χ2v) is 5.28. The van der Waals surface area contributed by atoms with Gasteiger partial charge in [0.2, 0.25) is 0 Å². The number of hydrogen-bond acceptors (Lipinski definition) is 3. The highest BCUT2D eigenvalue weighted by Gasteiger charge is 2.41. The fourth-order valence-electron chi connectivity index (χ4n) is 2.37. The molecule has 1 aliphatic carbocycles. The molecule has 1 aromatic carbocycles. The Labute approximate surface area is 108 Å². The largest absolute Gasteiger partial charge is 0.399 e. The van der Waals surface area contributed by atoms with Crippen LogP contribution in [0.15, 0.2) is 18.2 Å². The molecular weight excluding hydrogens is 226 g/mol. The van der Waals surface area contributed by atoms with Crippen LogP contribution in [-0.2, 0) is 0 Å². The smallest absolute Gasteiger partial charge is 0.253 e. The Morgan fingerprint density at radius 2 is 2.11 bits per heavy atom. The molecule has 0 saturated heterocycles. The zero-order valence-corrected chi connectivity index (χ0v) is 10.8. The normalized spacial score (nSPS) is 16.3. The number of rotatable bonds is 5. The van der Waals surface area contributed by atoms with Gasteiger partial charge in [0.1, 0.15) is 0 Å². The van der Waals surface area contributed by atoms with Crippen LogP contribution in [0.5, 0.6) is 0 Å². The number of nitrogens with two attached hydrogens (primary N) is 2. The fourth-order valence-corrected chi connectivity index (χ4v) is 2.37. The predicted molar refractivity (Wildman–Crippen MR) is 74.2 cm³/mol. The van der Waals surface area contributed by atoms with Crippen molar-refractivity contribution in [1.82, 2.24) is 5.32 Å². The maximum atomic E-state index is 12.0. The number of hydrogen-bond donors (Lipinski definition) is 3. The average molecular weight is 247 g/mol. The molecule has 0 spiro atoms. The molecule has 5 N–H and O–H groups in total. The molecule has 0 heterocycles. The molecule has 1 aromatic rings. The molecular formula is C14H21N3O. The number of nitrogen functional groups attached to an aromatic ring is 2. The Morgan fingerprint density at radius 3 is 2.67 bits per heavy atom. The maximum absolute atomic E-state index is 12.0. The zero-order chi connectivity index (χ0) is 13.2. The zero-order valence-electron chi connectivity index (χ0n) is 10.8. The van der Waals surface area contributed by atoms with Gasteiger partial charge in [0.25, 0.3) is 5.91 Å². The molecule has 0 unspecified atom stereocenters. The van der Waals surface area contributed by atoms with Gasteiger partial charge >= 0.3 is 0 Å². The number of carbonyl (C=O) groups is 1. The summed E-state index contributed by atoms with van der Waals surface area (Å²) < 4.78 is 0. The lowest BCUT2D eigenvalue weighted by Gasteiger charge is -2.15. The van der Waals surface area contributed by atoms with Gasteiger partial charge in [-0.25, -0.2) is 0 Å². The minimum absolute atomic E-state index is 0.102. The number of nitrogens with one attached hydrogen (secondary N) is 1. The van der Waals surface area contributed by atoms with Gasteiger partial charge in [-0.1, -0.05) is 13.3 Å². The van der Waals surface area contributed by atoms with Crippen LogP contribution < -0.4 is 16.8 Å². The fraction of sp³-hybridized carbons (Fsp3) is 0.500. The van der Waals surface area contributed by atoms with Crippen molar-refractivity contribution in [2.45, 2.75) is 32.6 Å². The summed E-state index contributed by atoms with van der Waals surface area (Å²) in [7, 11) is 0. The van der Waals surface area contributed by atoms with Crippen molar-refractivity contribution in [2.24, 2.45) is 5.41 Å². The second kappa shape index (κ2) is 4.88. The molecule has 0 bridgehead atoms. The van der Waals surface area contributed by atoms with Crippen LogP contribution in [0.3, 0.4) is 0 Å². The minimum Gasteiger partial charge on any atom is -0.399 e. The number of amides is 1. The lowest BCUT2D eigenvalue weighted by Crippen LogP contribution is -2.30. The van der Waals surface area contributed by atoms with Crippen LogP contribution in [0.4, 0.5) is 11.4 Å². The van der Waals surface area contributed by atoms with E-state index in [0.717, 1.165) is 6.54 Å². The molecule has 2 rings (SSSR count). The molecule has 0 radical (unpaired) electrons. The lowest BCUT2D eigenvalue weighted by atomic mass is 10.0. The highest BCUT2D eigenvalue weighted by atomic mass is 16.1. The summed E-state index contributed by atoms with van der Waals surface area (Å²) in [5, 5.41) is 2.99. The Bertz CT molecular complexity index is 452. The summed E-state index contributed by atoms with van der Waals surface area (Å²) in [6.07, 6.45) is 4.79. The van der Waals surface area contributed by atoms with E-state index in [1.165, 1.54) is 25.7 Å². The molecule has 1 aliphatic rings. The van der Waals surface area contributed by atoms with E-state index in [1.807, 2.05) is 0 Å². The highest BCUT2D eigenvalue weighted by Crippen LogP contribution is 2.48. The van der Waals surface area contributed by atoms with Crippen molar-refractivity contribution in [3.05, 3.63) is 23.8 Å². The number of benzene rings is 1. The molecule has 4 heteroatoms. The van der Waals surface area contributed by atoms with Crippen molar-refractivity contribution >= 4 is 17.3 Å². The summed E-state index contributed by atoms with van der Waals surface area (Å²) in [5.74, 6) is -0.102. The predicted octanol–water partition coefficient (Wildman–Crippen LogP) is 2.16. The Morgan fingerprint density at radius 1 is 1.39 bits per heavy atom. The first-order valence-corrected chi connectivity index (χ1v) is 6.49. The Hall–Kier alpha value is -1.71. The van der Waals surface area contributed by atoms with Crippen molar-refractivity contribution in [3.63, 3.8) is 0 Å². The molecule has 0 aromatic heterocycles. The molecule has 4 nitrogen and oxygen atoms in total. The van der Waals surface area contributed by atoms with E-state index in [-0.39, 0.29) is 5.91 Å². The maximum Gasteiger partial charge on any atom is 0.253 e. The van der Waals surface area contributed by atoms with E-state index < -0.39 is 0 Å². The van der Waals surface area contributed by atoms with Crippen LogP contribution in [0.1, 0.15) is 43.0 Å². The molecule has 98 valence electrons. The van der Waals surface area contributed by atoms with Gasteiger partial charge in [0, 0.05) is 17.9 Å². The third-order valence-corrected chi connectivity index (χ3v) is 3.68. The number of anilines is 2. The van der Waals surface area contributed by atoms with Gasteiger partial charge in [-0.3, -0.25) is 4.79 Å². The second-order valence-electron chi connectivity index (χ2n) is 5.28. The van der Waals surface area contributed by atoms with E-state index in [0.29, 0.717) is 22.4 Å². The monoisotopic (exact) mass is 247 g/mol. The van der Waals surface area contributed by atoms with Gasteiger partial charge in [0.15, 0.2) is 0 Å². The molecule has 0 atom stereocenters. The first-order chi connectivity index (χ1) is 8.56. The topological polar surface area (TPSA) is 81.1 Å². The highest BCUT2D eigenvalue weighted by molar-refractivity contribution is 5.99. The van der Waals surface area contributed by atoms with Crippen molar-refractivity contribution in [1.29, 1.82) is 0 Å². The minimum atomic E-state index is -0.102. The summed E-state index contributed by atoms with van der Waals surface area (Å²) >= 11 is 0. The molecule has 0 aliphatic heterocycles. The van der Waals surface area contributed by atoms with Crippen LogP contribution in [0.2, 0.25) is 0 Å². The first kappa shape index (κ1) is 12.7. The lowest BCUT2D eigenvalue weighted by molar-refractivity contribution is 0.0944. The summed E-state index contributed by atoms with van der Waals surface area (Å²) in [4.78, 5) is 12.0. The van der Waals surface area contributed by atoms with Crippen LogP contribution in [0, 0.1) is 5.41 Å². The summed E-state index contributed by atoms with van der Waals surface area (Å²) in [6.45, 7) is 2.93. The van der Waals surface area contributed by atoms with Gasteiger partial charge in [0.05, 0.1) is 5.56 Å². The summed E-state index contributed by atoms with van der Waals surface area (Å²) in [6, 6.07) is 5.00. The first-order valence-electron chi connectivity index (χ1n) is 6.49. The number of carbonyl (C=O) groups excluding carboxylic acids is 1. The van der Waals surface area contributed by atoms with E-state index in [4.69, 9.17) is 11.5 Å². The van der Waals surface area contributed by atoms with E-state index in [9.17, 15) is 4.79 Å². The Balaban J connectivity index is 1.96. The van der Waals surface area contributed by atoms with Gasteiger partial charge in [-0.05, 0) is 42.9 Å². The third-order valence-electron chi connectivity index (χ3n) is 3.68. The van der Waals surface area contributed by atoms with Crippen LogP contribution in [-0.4, -0.2) is 12.5 Å². The summed E-state index contributed by atoms with van der Waals surface area (Å²) in [5.41, 5.74) is 13.3. The average Bonchev–Trinajstić information content (AvgIpc) is 3.07.